The van der Waals surface area contributed by atoms with Crippen LogP contribution in [0, 0.1) is 5.92 Å². The summed E-state index contributed by atoms with van der Waals surface area (Å²) in [6.45, 7) is 9.91. The van der Waals surface area contributed by atoms with Crippen molar-refractivity contribution in [2.24, 2.45) is 5.92 Å². The summed E-state index contributed by atoms with van der Waals surface area (Å²) in [5.41, 5.74) is 0. The summed E-state index contributed by atoms with van der Waals surface area (Å²) < 4.78 is 5.76. The van der Waals surface area contributed by atoms with Gasteiger partial charge in [0.15, 0.2) is 0 Å². The van der Waals surface area contributed by atoms with E-state index < -0.39 is 20.1 Å². The summed E-state index contributed by atoms with van der Waals surface area (Å²) >= 11 is -0.565. The molecule has 0 bridgehead atoms. The number of halogens is 1. The van der Waals surface area contributed by atoms with Crippen molar-refractivity contribution in [2.75, 3.05) is 21.9 Å². The van der Waals surface area contributed by atoms with Crippen LogP contribution >= 0.6 is 20.1 Å². The normalized spacial score (nSPS) is 19.8. The number of nitrogens with zero attached hydrogens (tertiary/aromatic N) is 1. The monoisotopic (exact) mass is 255 g/mol. The molecule has 0 aromatic rings. The summed E-state index contributed by atoms with van der Waals surface area (Å²) in [6.07, 6.45) is 0. The van der Waals surface area contributed by atoms with E-state index in [4.69, 9.17) is 0 Å². The molecule has 1 rings (SSSR count). The van der Waals surface area contributed by atoms with Crippen molar-refractivity contribution in [2.45, 2.75) is 20.8 Å². The Bertz CT molecular complexity index is 99.4. The van der Waals surface area contributed by atoms with Gasteiger partial charge in [-0.3, -0.25) is 0 Å². The molecule has 1 saturated heterocycles. The standard InChI is InChI=1S/C8H18IN/c1-4-9(7-8(2)3)10-5-6-10/h8H,4-7H2,1-3H3. The summed E-state index contributed by atoms with van der Waals surface area (Å²) in [7, 11) is 0. The third kappa shape index (κ3) is 2.74. The first-order valence-corrected chi connectivity index (χ1v) is 8.12. The molecule has 2 heteroatoms. The summed E-state index contributed by atoms with van der Waals surface area (Å²) in [4.78, 5) is 0. The van der Waals surface area contributed by atoms with Crippen LogP contribution in [0.1, 0.15) is 20.8 Å². The van der Waals surface area contributed by atoms with Crippen molar-refractivity contribution in [1.82, 2.24) is 3.11 Å². The molecule has 0 N–H and O–H groups in total. The minimum atomic E-state index is -0.565. The topological polar surface area (TPSA) is 3.01 Å². The molecule has 0 aromatic carbocycles. The van der Waals surface area contributed by atoms with E-state index in [9.17, 15) is 0 Å². The van der Waals surface area contributed by atoms with Crippen molar-refractivity contribution in [3.05, 3.63) is 0 Å². The van der Waals surface area contributed by atoms with E-state index in [1.54, 1.807) is 4.43 Å². The van der Waals surface area contributed by atoms with Crippen molar-refractivity contribution in [3.8, 4) is 0 Å². The van der Waals surface area contributed by atoms with Gasteiger partial charge in [0, 0.05) is 0 Å². The Kier molecular flexibility index (Phi) is 3.43. The Morgan fingerprint density at radius 1 is 1.40 bits per heavy atom. The number of hydrogen-bond donors (Lipinski definition) is 0. The van der Waals surface area contributed by atoms with E-state index in [1.165, 1.54) is 17.5 Å². The van der Waals surface area contributed by atoms with Gasteiger partial charge in [0.05, 0.1) is 0 Å². The molecule has 0 saturated carbocycles. The molecule has 0 aliphatic carbocycles. The number of hydrogen-bond acceptors (Lipinski definition) is 1. The third-order valence-electron chi connectivity index (χ3n) is 1.53. The molecule has 1 fully saturated rings. The van der Waals surface area contributed by atoms with Gasteiger partial charge in [-0.2, -0.15) is 0 Å². The Labute approximate surface area is 71.9 Å². The second-order valence-electron chi connectivity index (χ2n) is 3.15. The third-order valence-corrected chi connectivity index (χ3v) is 8.96. The fourth-order valence-corrected chi connectivity index (χ4v) is 6.77. The fraction of sp³-hybridized carbons (Fsp3) is 1.00. The van der Waals surface area contributed by atoms with Crippen LogP contribution in [0.5, 0.6) is 0 Å². The SMILES string of the molecule is CCI(CC(C)C)N1CC1. The summed E-state index contributed by atoms with van der Waals surface area (Å²) in [5, 5.41) is 0. The first-order valence-electron chi connectivity index (χ1n) is 4.11. The Morgan fingerprint density at radius 2 is 2.00 bits per heavy atom. The van der Waals surface area contributed by atoms with Crippen LogP contribution in [0.25, 0.3) is 0 Å². The Balaban J connectivity index is 2.19. The van der Waals surface area contributed by atoms with Gasteiger partial charge in [-0.1, -0.05) is 0 Å². The summed E-state index contributed by atoms with van der Waals surface area (Å²) in [5.74, 6) is 0.936. The van der Waals surface area contributed by atoms with Gasteiger partial charge >= 0.3 is 71.8 Å². The van der Waals surface area contributed by atoms with Crippen molar-refractivity contribution < 1.29 is 0 Å². The van der Waals surface area contributed by atoms with Crippen LogP contribution < -0.4 is 0 Å². The Hall–Kier alpha value is 0.690. The second kappa shape index (κ2) is 3.90. The van der Waals surface area contributed by atoms with Gasteiger partial charge in [0.1, 0.15) is 0 Å². The van der Waals surface area contributed by atoms with Gasteiger partial charge in [-0.25, -0.2) is 0 Å². The Morgan fingerprint density at radius 3 is 2.30 bits per heavy atom. The second-order valence-corrected chi connectivity index (χ2v) is 9.37. The molecule has 0 atom stereocenters. The minimum absolute atomic E-state index is 0.565. The van der Waals surface area contributed by atoms with E-state index >= 15 is 0 Å². The zero-order valence-corrected chi connectivity index (χ0v) is 9.39. The van der Waals surface area contributed by atoms with Crippen LogP contribution in [-0.2, 0) is 0 Å². The maximum absolute atomic E-state index is 2.73. The first kappa shape index (κ1) is 8.78. The van der Waals surface area contributed by atoms with E-state index in [1.807, 2.05) is 0 Å². The predicted molar refractivity (Wildman–Crippen MR) is 55.8 cm³/mol. The molecule has 1 nitrogen and oxygen atoms in total. The van der Waals surface area contributed by atoms with Crippen LogP contribution in [0.3, 0.4) is 0 Å². The van der Waals surface area contributed by atoms with Crippen molar-refractivity contribution in [3.63, 3.8) is 0 Å². The fourth-order valence-electron chi connectivity index (χ4n) is 1.01. The van der Waals surface area contributed by atoms with Crippen LogP contribution in [0.15, 0.2) is 0 Å². The van der Waals surface area contributed by atoms with Gasteiger partial charge in [0.2, 0.25) is 0 Å². The van der Waals surface area contributed by atoms with Gasteiger partial charge in [-0.05, 0) is 0 Å². The maximum atomic E-state index is 2.73. The number of rotatable bonds is 4. The molecule has 1 aliphatic heterocycles. The van der Waals surface area contributed by atoms with Crippen LogP contribution in [-0.4, -0.2) is 25.1 Å². The van der Waals surface area contributed by atoms with Gasteiger partial charge in [0.25, 0.3) is 0 Å². The van der Waals surface area contributed by atoms with E-state index in [-0.39, 0.29) is 0 Å². The van der Waals surface area contributed by atoms with Crippen molar-refractivity contribution in [1.29, 1.82) is 0 Å². The molecule has 0 radical (unpaired) electrons. The molecule has 0 aromatic heterocycles. The molecule has 0 amide bonds. The first-order chi connectivity index (χ1) is 4.74. The molecule has 1 aliphatic rings. The van der Waals surface area contributed by atoms with Crippen LogP contribution in [0.2, 0.25) is 0 Å². The number of alkyl halides is 2. The summed E-state index contributed by atoms with van der Waals surface area (Å²) in [6, 6.07) is 0. The molecular weight excluding hydrogens is 237 g/mol. The molecule has 62 valence electrons. The average molecular weight is 255 g/mol. The molecule has 1 heterocycles. The van der Waals surface area contributed by atoms with E-state index in [2.05, 4.69) is 23.9 Å². The molecule has 0 unspecified atom stereocenters. The zero-order chi connectivity index (χ0) is 7.56. The van der Waals surface area contributed by atoms with Gasteiger partial charge < -0.3 is 0 Å². The van der Waals surface area contributed by atoms with Crippen LogP contribution in [0.4, 0.5) is 0 Å². The van der Waals surface area contributed by atoms with Crippen molar-refractivity contribution >= 4 is 20.1 Å². The quantitative estimate of drug-likeness (QED) is 0.322. The predicted octanol–water partition coefficient (Wildman–Crippen LogP) is 2.40. The molecular formula is C8H18IN. The molecule has 0 spiro atoms. The van der Waals surface area contributed by atoms with E-state index in [0.29, 0.717) is 0 Å². The zero-order valence-electron chi connectivity index (χ0n) is 7.23. The van der Waals surface area contributed by atoms with E-state index in [0.717, 1.165) is 5.92 Å². The van der Waals surface area contributed by atoms with Gasteiger partial charge in [-0.15, -0.1) is 0 Å². The molecule has 10 heavy (non-hydrogen) atoms. The average Bonchev–Trinajstić information content (AvgIpc) is 2.63.